The number of rotatable bonds is 2. The van der Waals surface area contributed by atoms with Gasteiger partial charge < -0.3 is 9.15 Å². The van der Waals surface area contributed by atoms with E-state index < -0.39 is 11.0 Å². The zero-order valence-electron chi connectivity index (χ0n) is 8.46. The number of hydrogen-bond donors (Lipinski definition) is 0. The number of nitriles is 1. The van der Waals surface area contributed by atoms with Crippen LogP contribution in [0.2, 0.25) is 0 Å². The molecule has 1 aliphatic rings. The highest BCUT2D eigenvalue weighted by Gasteiger charge is 2.31. The Morgan fingerprint density at radius 2 is 2.38 bits per heavy atom. The van der Waals surface area contributed by atoms with E-state index in [1.54, 1.807) is 0 Å². The molecule has 0 saturated carbocycles. The molecule has 0 spiro atoms. The van der Waals surface area contributed by atoms with Crippen LogP contribution in [0.3, 0.4) is 0 Å². The van der Waals surface area contributed by atoms with Gasteiger partial charge in [-0.25, -0.2) is 0 Å². The molecule has 1 fully saturated rings. The molecular formula is C10H10N2O4. The minimum atomic E-state index is -0.603. The molecule has 16 heavy (non-hydrogen) atoms. The van der Waals surface area contributed by atoms with Crippen molar-refractivity contribution >= 4 is 5.88 Å². The summed E-state index contributed by atoms with van der Waals surface area (Å²) in [6, 6.07) is 4.91. The van der Waals surface area contributed by atoms with Gasteiger partial charge in [-0.15, -0.1) is 0 Å². The summed E-state index contributed by atoms with van der Waals surface area (Å²) < 4.78 is 10.5. The number of hydrogen-bond acceptors (Lipinski definition) is 5. The quantitative estimate of drug-likeness (QED) is 0.565. The highest BCUT2D eigenvalue weighted by atomic mass is 16.6. The number of nitrogens with zero attached hydrogens (tertiary/aromatic N) is 2. The van der Waals surface area contributed by atoms with E-state index in [1.807, 2.05) is 0 Å². The molecule has 2 unspecified atom stereocenters. The standard InChI is InChI=1S/C10H10N2O4/c11-6-7-2-1-5-15-10(7)8-3-4-9(16-8)12(13)14/h3-4,7,10H,1-2,5H2. The third-order valence-electron chi connectivity index (χ3n) is 2.56. The Bertz CT molecular complexity index is 434. The van der Waals surface area contributed by atoms with Crippen molar-refractivity contribution in [1.82, 2.24) is 0 Å². The largest absolute Gasteiger partial charge is 0.433 e. The fourth-order valence-electron chi connectivity index (χ4n) is 1.79. The fraction of sp³-hybridized carbons (Fsp3) is 0.500. The van der Waals surface area contributed by atoms with Gasteiger partial charge >= 0.3 is 5.88 Å². The van der Waals surface area contributed by atoms with Crippen molar-refractivity contribution in [3.8, 4) is 6.07 Å². The SMILES string of the molecule is N#CC1CCCOC1c1ccc([N+](=O)[O-])o1. The Morgan fingerprint density at radius 3 is 3.00 bits per heavy atom. The van der Waals surface area contributed by atoms with E-state index in [0.717, 1.165) is 12.8 Å². The predicted octanol–water partition coefficient (Wildman–Crippen LogP) is 2.18. The molecule has 6 nitrogen and oxygen atoms in total. The molecule has 1 aromatic heterocycles. The van der Waals surface area contributed by atoms with Crippen molar-refractivity contribution in [2.45, 2.75) is 18.9 Å². The number of nitro groups is 1. The maximum Gasteiger partial charge on any atom is 0.433 e. The van der Waals surface area contributed by atoms with E-state index >= 15 is 0 Å². The third kappa shape index (κ3) is 1.90. The summed E-state index contributed by atoms with van der Waals surface area (Å²) in [5.74, 6) is -0.252. The average molecular weight is 222 g/mol. The lowest BCUT2D eigenvalue weighted by atomic mass is 9.94. The molecule has 84 valence electrons. The first kappa shape index (κ1) is 10.6. The van der Waals surface area contributed by atoms with Gasteiger partial charge in [-0.2, -0.15) is 5.26 Å². The van der Waals surface area contributed by atoms with Crippen molar-refractivity contribution in [1.29, 1.82) is 5.26 Å². The van der Waals surface area contributed by atoms with Crippen LogP contribution in [0.5, 0.6) is 0 Å². The topological polar surface area (TPSA) is 89.3 Å². The molecule has 1 saturated heterocycles. The van der Waals surface area contributed by atoms with Crippen LogP contribution in [-0.4, -0.2) is 11.5 Å². The van der Waals surface area contributed by atoms with Gasteiger partial charge in [-0.1, -0.05) is 0 Å². The fourth-order valence-corrected chi connectivity index (χ4v) is 1.79. The van der Waals surface area contributed by atoms with E-state index in [2.05, 4.69) is 6.07 Å². The summed E-state index contributed by atoms with van der Waals surface area (Å²) in [4.78, 5) is 9.85. The lowest BCUT2D eigenvalue weighted by molar-refractivity contribution is -0.402. The van der Waals surface area contributed by atoms with Crippen LogP contribution in [0.15, 0.2) is 16.5 Å². The molecular weight excluding hydrogens is 212 g/mol. The molecule has 2 rings (SSSR count). The Labute approximate surface area is 91.6 Å². The smallest absolute Gasteiger partial charge is 0.403 e. The van der Waals surface area contributed by atoms with E-state index in [1.165, 1.54) is 12.1 Å². The molecule has 0 aromatic carbocycles. The zero-order valence-corrected chi connectivity index (χ0v) is 8.46. The van der Waals surface area contributed by atoms with Crippen LogP contribution in [0.25, 0.3) is 0 Å². The van der Waals surface area contributed by atoms with Gasteiger partial charge in [0.15, 0.2) is 0 Å². The Balaban J connectivity index is 2.21. The second-order valence-electron chi connectivity index (χ2n) is 3.60. The van der Waals surface area contributed by atoms with Crippen LogP contribution in [0.4, 0.5) is 5.88 Å². The maximum absolute atomic E-state index is 10.5. The predicted molar refractivity (Wildman–Crippen MR) is 52.4 cm³/mol. The van der Waals surface area contributed by atoms with Crippen molar-refractivity contribution in [2.75, 3.05) is 6.61 Å². The number of furan rings is 1. The van der Waals surface area contributed by atoms with Gasteiger partial charge in [0, 0.05) is 6.61 Å². The lowest BCUT2D eigenvalue weighted by Gasteiger charge is -2.25. The zero-order chi connectivity index (χ0) is 11.5. The molecule has 0 amide bonds. The molecule has 1 aliphatic heterocycles. The molecule has 0 bridgehead atoms. The Hall–Kier alpha value is -1.87. The normalized spacial score (nSPS) is 24.9. The third-order valence-corrected chi connectivity index (χ3v) is 2.56. The molecule has 0 radical (unpaired) electrons. The van der Waals surface area contributed by atoms with E-state index in [9.17, 15) is 10.1 Å². The van der Waals surface area contributed by atoms with Crippen LogP contribution in [-0.2, 0) is 4.74 Å². The van der Waals surface area contributed by atoms with Crippen LogP contribution in [0.1, 0.15) is 24.7 Å². The Morgan fingerprint density at radius 1 is 1.56 bits per heavy atom. The second kappa shape index (κ2) is 4.33. The van der Waals surface area contributed by atoms with Crippen molar-refractivity contribution < 1.29 is 14.1 Å². The van der Waals surface area contributed by atoms with E-state index in [4.69, 9.17) is 14.4 Å². The van der Waals surface area contributed by atoms with E-state index in [-0.39, 0.29) is 11.8 Å². The molecule has 0 N–H and O–H groups in total. The highest BCUT2D eigenvalue weighted by Crippen LogP contribution is 2.35. The minimum absolute atomic E-state index is 0.292. The molecule has 2 heterocycles. The van der Waals surface area contributed by atoms with Gasteiger partial charge in [0.25, 0.3) is 0 Å². The monoisotopic (exact) mass is 222 g/mol. The first-order valence-electron chi connectivity index (χ1n) is 4.97. The molecule has 1 aromatic rings. The summed E-state index contributed by atoms with van der Waals surface area (Å²) in [5.41, 5.74) is 0. The number of ether oxygens (including phenoxy) is 1. The maximum atomic E-state index is 10.5. The van der Waals surface area contributed by atoms with E-state index in [0.29, 0.717) is 12.4 Å². The van der Waals surface area contributed by atoms with Crippen molar-refractivity contribution in [2.24, 2.45) is 5.92 Å². The summed E-state index contributed by atoms with van der Waals surface area (Å²) in [5, 5.41) is 19.4. The summed E-state index contributed by atoms with van der Waals surface area (Å²) >= 11 is 0. The van der Waals surface area contributed by atoms with Gasteiger partial charge in [-0.3, -0.25) is 10.1 Å². The van der Waals surface area contributed by atoms with Gasteiger partial charge in [0.1, 0.15) is 16.8 Å². The molecule has 6 heteroatoms. The lowest BCUT2D eigenvalue weighted by Crippen LogP contribution is -2.20. The van der Waals surface area contributed by atoms with Crippen molar-refractivity contribution in [3.05, 3.63) is 28.0 Å². The van der Waals surface area contributed by atoms with Crippen molar-refractivity contribution in [3.63, 3.8) is 0 Å². The van der Waals surface area contributed by atoms with Crippen LogP contribution < -0.4 is 0 Å². The first-order chi connectivity index (χ1) is 7.72. The van der Waals surface area contributed by atoms with Gasteiger partial charge in [0.05, 0.1) is 18.1 Å². The van der Waals surface area contributed by atoms with Crippen LogP contribution in [0, 0.1) is 27.4 Å². The second-order valence-corrected chi connectivity index (χ2v) is 3.60. The van der Waals surface area contributed by atoms with Gasteiger partial charge in [0.2, 0.25) is 0 Å². The van der Waals surface area contributed by atoms with Gasteiger partial charge in [-0.05, 0) is 18.9 Å². The first-order valence-corrected chi connectivity index (χ1v) is 4.97. The average Bonchev–Trinajstić information content (AvgIpc) is 2.78. The Kier molecular flexibility index (Phi) is 2.88. The highest BCUT2D eigenvalue weighted by molar-refractivity contribution is 5.20. The minimum Gasteiger partial charge on any atom is -0.403 e. The summed E-state index contributed by atoms with van der Waals surface area (Å²) in [6.45, 7) is 0.553. The molecule has 0 aliphatic carbocycles. The summed E-state index contributed by atoms with van der Waals surface area (Å²) in [7, 11) is 0. The van der Waals surface area contributed by atoms with Crippen LogP contribution >= 0.6 is 0 Å². The molecule has 2 atom stereocenters. The summed E-state index contributed by atoms with van der Waals surface area (Å²) in [6.07, 6.45) is 1.08.